The number of aromatic nitrogens is 1. The van der Waals surface area contributed by atoms with E-state index in [-0.39, 0.29) is 37.0 Å². The van der Waals surface area contributed by atoms with Gasteiger partial charge in [-0.3, -0.25) is 0 Å². The van der Waals surface area contributed by atoms with Crippen molar-refractivity contribution in [3.63, 3.8) is 0 Å². The van der Waals surface area contributed by atoms with Crippen LogP contribution in [-0.4, -0.2) is 0 Å². The summed E-state index contributed by atoms with van der Waals surface area (Å²) in [5, 5.41) is 0. The largest absolute Gasteiger partial charge is 0.664 e. The van der Waals surface area contributed by atoms with Gasteiger partial charge in [-0.15, -0.1) is 0 Å². The minimum atomic E-state index is 0. The van der Waals surface area contributed by atoms with E-state index in [0.717, 1.165) is 0 Å². The number of rotatable bonds is 0. The first-order valence-corrected chi connectivity index (χ1v) is 7.19. The number of hydrogen-bond acceptors (Lipinski definition) is 0. The van der Waals surface area contributed by atoms with Crippen molar-refractivity contribution in [2.45, 2.75) is 52.4 Å². The van der Waals surface area contributed by atoms with Crippen molar-refractivity contribution >= 4 is 0 Å². The molecule has 0 atom stereocenters. The van der Waals surface area contributed by atoms with E-state index in [9.17, 15) is 0 Å². The summed E-state index contributed by atoms with van der Waals surface area (Å²) in [5.74, 6) is 0. The Balaban J connectivity index is 0.000000425. The fourth-order valence-electron chi connectivity index (χ4n) is 1.65. The summed E-state index contributed by atoms with van der Waals surface area (Å²) in [6, 6.07) is 18.3. The van der Waals surface area contributed by atoms with Crippen LogP contribution >= 0.6 is 0 Å². The van der Waals surface area contributed by atoms with Crippen LogP contribution in [-0.2, 0) is 37.0 Å². The maximum Gasteiger partial charge on any atom is 0.0467 e. The second-order valence-electron chi connectivity index (χ2n) is 7.06. The van der Waals surface area contributed by atoms with Gasteiger partial charge >= 0.3 is 0 Å². The molecular weight excluding hydrogens is 333 g/mol. The zero-order chi connectivity index (χ0) is 15.2. The third kappa shape index (κ3) is 7.72. The van der Waals surface area contributed by atoms with Gasteiger partial charge in [0.1, 0.15) is 0 Å². The zero-order valence-electron chi connectivity index (χ0n) is 14.1. The summed E-state index contributed by atoms with van der Waals surface area (Å²) >= 11 is 0. The van der Waals surface area contributed by atoms with E-state index in [0.29, 0.717) is 0 Å². The molecule has 0 bridgehead atoms. The first-order chi connectivity index (χ1) is 9.21. The molecule has 1 nitrogen and oxygen atoms in total. The SMILES string of the molecule is CC(C)(C)c1ccc(C(C)(C)C)[n-]1.[Zr].c1ccc[cH+]cc1. The molecule has 2 heteroatoms. The van der Waals surface area contributed by atoms with Gasteiger partial charge in [0, 0.05) is 68.7 Å². The van der Waals surface area contributed by atoms with Crippen LogP contribution in [0, 0.1) is 0 Å². The molecule has 1 aromatic heterocycles. The molecule has 112 valence electrons. The maximum absolute atomic E-state index is 4.65. The third-order valence-electron chi connectivity index (χ3n) is 2.95. The molecule has 0 amide bonds. The van der Waals surface area contributed by atoms with E-state index in [4.69, 9.17) is 0 Å². The Labute approximate surface area is 149 Å². The Morgan fingerprint density at radius 3 is 1.38 bits per heavy atom. The van der Waals surface area contributed by atoms with E-state index in [1.165, 1.54) is 11.4 Å². The van der Waals surface area contributed by atoms with Crippen LogP contribution in [0.4, 0.5) is 0 Å². The van der Waals surface area contributed by atoms with E-state index in [1.807, 2.05) is 42.5 Å². The molecule has 2 aromatic rings. The molecule has 0 aliphatic heterocycles. The third-order valence-corrected chi connectivity index (χ3v) is 2.95. The van der Waals surface area contributed by atoms with Crippen molar-refractivity contribution in [2.75, 3.05) is 0 Å². The second-order valence-corrected chi connectivity index (χ2v) is 7.06. The molecule has 0 unspecified atom stereocenters. The molecule has 0 fully saturated rings. The van der Waals surface area contributed by atoms with E-state index < -0.39 is 0 Å². The molecule has 0 saturated carbocycles. The van der Waals surface area contributed by atoms with Crippen molar-refractivity contribution in [2.24, 2.45) is 0 Å². The molecule has 0 N–H and O–H groups in total. The number of nitrogens with zero attached hydrogens (tertiary/aromatic N) is 1. The molecule has 0 saturated heterocycles. The van der Waals surface area contributed by atoms with Gasteiger partial charge in [-0.1, -0.05) is 53.7 Å². The van der Waals surface area contributed by atoms with Gasteiger partial charge in [-0.25, -0.2) is 0 Å². The van der Waals surface area contributed by atoms with Gasteiger partial charge in [0.25, 0.3) is 0 Å². The molecule has 0 aliphatic rings. The average Bonchev–Trinajstić information content (AvgIpc) is 2.65. The van der Waals surface area contributed by atoms with Crippen molar-refractivity contribution in [1.82, 2.24) is 4.98 Å². The van der Waals surface area contributed by atoms with E-state index >= 15 is 0 Å². The predicted molar refractivity (Wildman–Crippen MR) is 88.0 cm³/mol. The first kappa shape index (κ1) is 20.3. The Morgan fingerprint density at radius 1 is 0.714 bits per heavy atom. The smallest absolute Gasteiger partial charge is 0.0467 e. The fourth-order valence-corrected chi connectivity index (χ4v) is 1.65. The van der Waals surface area contributed by atoms with Gasteiger partial charge in [0.2, 0.25) is 0 Å². The first-order valence-electron chi connectivity index (χ1n) is 7.19. The van der Waals surface area contributed by atoms with Crippen molar-refractivity contribution in [3.8, 4) is 0 Å². The zero-order valence-corrected chi connectivity index (χ0v) is 16.6. The summed E-state index contributed by atoms with van der Waals surface area (Å²) in [4.78, 5) is 4.65. The standard InChI is InChI=1S/C12H20N.C7H7.Zr/c1-11(2,3)9-7-8-10(13-9)12(4,5)6;1-2-4-6-7-5-3-1;/h7-8H,1-6H3;1-7H;/q-1;+1;. The fraction of sp³-hybridized carbons (Fsp3) is 0.421. The topological polar surface area (TPSA) is 14.1 Å². The van der Waals surface area contributed by atoms with Gasteiger partial charge in [0.15, 0.2) is 0 Å². The van der Waals surface area contributed by atoms with Crippen molar-refractivity contribution in [3.05, 3.63) is 66.0 Å². The Kier molecular flexibility index (Phi) is 8.33. The van der Waals surface area contributed by atoms with Crippen LogP contribution < -0.4 is 4.98 Å². The van der Waals surface area contributed by atoms with Crippen LogP contribution in [0.15, 0.2) is 54.6 Å². The van der Waals surface area contributed by atoms with Crippen molar-refractivity contribution in [1.29, 1.82) is 0 Å². The van der Waals surface area contributed by atoms with E-state index in [1.54, 1.807) is 0 Å². The van der Waals surface area contributed by atoms with Gasteiger partial charge in [-0.05, 0) is 10.8 Å². The Bertz CT molecular complexity index is 441. The maximum atomic E-state index is 4.65. The predicted octanol–water partition coefficient (Wildman–Crippen LogP) is 5.20. The second kappa shape index (κ2) is 8.64. The molecule has 0 aliphatic carbocycles. The molecular formula is C19H27NZr. The average molecular weight is 361 g/mol. The number of hydrogen-bond donors (Lipinski definition) is 0. The molecule has 1 aromatic carbocycles. The van der Waals surface area contributed by atoms with E-state index in [2.05, 4.69) is 58.7 Å². The molecule has 1 heterocycles. The van der Waals surface area contributed by atoms with Crippen LogP contribution in [0.1, 0.15) is 52.9 Å². The van der Waals surface area contributed by atoms with Crippen molar-refractivity contribution < 1.29 is 26.2 Å². The molecule has 21 heavy (non-hydrogen) atoms. The summed E-state index contributed by atoms with van der Waals surface area (Å²) < 4.78 is 0. The quantitative estimate of drug-likeness (QED) is 0.589. The van der Waals surface area contributed by atoms with Crippen LogP contribution in [0.3, 0.4) is 0 Å². The Morgan fingerprint density at radius 2 is 1.10 bits per heavy atom. The van der Waals surface area contributed by atoms with Crippen LogP contribution in [0.2, 0.25) is 0 Å². The Hall–Kier alpha value is -0.747. The summed E-state index contributed by atoms with van der Waals surface area (Å²) in [7, 11) is 0. The molecule has 2 rings (SSSR count). The monoisotopic (exact) mass is 359 g/mol. The van der Waals surface area contributed by atoms with Gasteiger partial charge < -0.3 is 4.98 Å². The van der Waals surface area contributed by atoms with Gasteiger partial charge in [-0.2, -0.15) is 11.4 Å². The normalized spacial score (nSPS) is 11.0. The summed E-state index contributed by atoms with van der Waals surface area (Å²) in [6.07, 6.45) is 0. The molecule has 0 spiro atoms. The summed E-state index contributed by atoms with van der Waals surface area (Å²) in [6.45, 7) is 13.2. The van der Waals surface area contributed by atoms with Crippen LogP contribution in [0.5, 0.6) is 0 Å². The van der Waals surface area contributed by atoms with Gasteiger partial charge in [0.05, 0.1) is 0 Å². The van der Waals surface area contributed by atoms with Crippen LogP contribution in [0.25, 0.3) is 0 Å². The summed E-state index contributed by atoms with van der Waals surface area (Å²) in [5.41, 5.74) is 2.72. The minimum absolute atomic E-state index is 0. The minimum Gasteiger partial charge on any atom is -0.664 e. The molecule has 0 radical (unpaired) electrons.